The number of likely N-dealkylation sites (N-methyl/N-ethyl adjacent to an activating group) is 1. The molecule has 1 aliphatic rings. The van der Waals surface area contributed by atoms with Gasteiger partial charge in [-0.25, -0.2) is 0 Å². The number of hydrogen-bond acceptors (Lipinski definition) is 4. The predicted octanol–water partition coefficient (Wildman–Crippen LogP) is 2.83. The lowest BCUT2D eigenvalue weighted by Gasteiger charge is -2.27. The summed E-state index contributed by atoms with van der Waals surface area (Å²) >= 11 is 0. The maximum absolute atomic E-state index is 8.84. The standard InChI is InChI=1S/C17H24N2O2/c1-19(14-17-7-2-3-10-21-17)9-5-11-20-16-8-4-6-15(12-16)13-18/h4,6,8,12,17H,2-3,5,7,9-11,14H2,1H3. The van der Waals surface area contributed by atoms with E-state index in [1.807, 2.05) is 12.1 Å². The van der Waals surface area contributed by atoms with Crippen molar-refractivity contribution in [1.29, 1.82) is 5.26 Å². The molecule has 4 nitrogen and oxygen atoms in total. The fourth-order valence-corrected chi connectivity index (χ4v) is 2.57. The summed E-state index contributed by atoms with van der Waals surface area (Å²) in [5.41, 5.74) is 0.638. The van der Waals surface area contributed by atoms with Gasteiger partial charge in [-0.05, 0) is 50.9 Å². The zero-order valence-electron chi connectivity index (χ0n) is 12.8. The number of benzene rings is 1. The molecule has 0 N–H and O–H groups in total. The van der Waals surface area contributed by atoms with Crippen LogP contribution in [0.5, 0.6) is 5.75 Å². The lowest BCUT2D eigenvalue weighted by molar-refractivity contribution is -0.00193. The highest BCUT2D eigenvalue weighted by atomic mass is 16.5. The molecule has 1 unspecified atom stereocenters. The topological polar surface area (TPSA) is 45.5 Å². The van der Waals surface area contributed by atoms with Gasteiger partial charge in [-0.3, -0.25) is 0 Å². The van der Waals surface area contributed by atoms with Gasteiger partial charge in [0.1, 0.15) is 5.75 Å². The molecular weight excluding hydrogens is 264 g/mol. The number of hydrogen-bond donors (Lipinski definition) is 0. The second-order valence-electron chi connectivity index (χ2n) is 5.59. The summed E-state index contributed by atoms with van der Waals surface area (Å²) in [4.78, 5) is 2.31. The monoisotopic (exact) mass is 288 g/mol. The van der Waals surface area contributed by atoms with Crippen LogP contribution in [-0.2, 0) is 4.74 Å². The number of ether oxygens (including phenoxy) is 2. The van der Waals surface area contributed by atoms with Crippen LogP contribution >= 0.6 is 0 Å². The van der Waals surface area contributed by atoms with Crippen molar-refractivity contribution in [3.8, 4) is 11.8 Å². The molecule has 1 heterocycles. The van der Waals surface area contributed by atoms with Gasteiger partial charge in [-0.15, -0.1) is 0 Å². The third-order valence-electron chi connectivity index (χ3n) is 3.71. The van der Waals surface area contributed by atoms with E-state index in [1.165, 1.54) is 19.3 Å². The highest BCUT2D eigenvalue weighted by Gasteiger charge is 2.15. The number of rotatable bonds is 7. The number of nitriles is 1. The Hall–Kier alpha value is -1.57. The fourth-order valence-electron chi connectivity index (χ4n) is 2.57. The van der Waals surface area contributed by atoms with Crippen molar-refractivity contribution in [2.45, 2.75) is 31.8 Å². The van der Waals surface area contributed by atoms with Crippen molar-refractivity contribution in [3.63, 3.8) is 0 Å². The van der Waals surface area contributed by atoms with Gasteiger partial charge in [-0.2, -0.15) is 5.26 Å². The van der Waals surface area contributed by atoms with E-state index >= 15 is 0 Å². The fraction of sp³-hybridized carbons (Fsp3) is 0.588. The van der Waals surface area contributed by atoms with Gasteiger partial charge in [-0.1, -0.05) is 6.07 Å². The largest absolute Gasteiger partial charge is 0.494 e. The minimum atomic E-state index is 0.400. The molecule has 1 atom stereocenters. The average molecular weight is 288 g/mol. The molecule has 4 heteroatoms. The van der Waals surface area contributed by atoms with E-state index in [0.717, 1.165) is 31.9 Å². The lowest BCUT2D eigenvalue weighted by atomic mass is 10.1. The summed E-state index contributed by atoms with van der Waals surface area (Å²) in [6.45, 7) is 3.59. The summed E-state index contributed by atoms with van der Waals surface area (Å²) in [7, 11) is 2.13. The Morgan fingerprint density at radius 3 is 3.10 bits per heavy atom. The Morgan fingerprint density at radius 2 is 2.33 bits per heavy atom. The molecule has 0 aromatic heterocycles. The quantitative estimate of drug-likeness (QED) is 0.724. The minimum Gasteiger partial charge on any atom is -0.494 e. The summed E-state index contributed by atoms with van der Waals surface area (Å²) in [5.74, 6) is 0.771. The molecule has 0 radical (unpaired) electrons. The van der Waals surface area contributed by atoms with Crippen LogP contribution < -0.4 is 4.74 Å². The molecule has 21 heavy (non-hydrogen) atoms. The number of nitrogens with zero attached hydrogens (tertiary/aromatic N) is 2. The van der Waals surface area contributed by atoms with E-state index in [0.29, 0.717) is 18.3 Å². The molecule has 0 aliphatic carbocycles. The van der Waals surface area contributed by atoms with Gasteiger partial charge in [0.05, 0.1) is 24.3 Å². The first-order chi connectivity index (χ1) is 10.3. The molecule has 1 aliphatic heterocycles. The molecule has 0 spiro atoms. The van der Waals surface area contributed by atoms with E-state index in [2.05, 4.69) is 18.0 Å². The Morgan fingerprint density at radius 1 is 1.43 bits per heavy atom. The summed E-state index contributed by atoms with van der Waals surface area (Å²) in [6.07, 6.45) is 5.05. The van der Waals surface area contributed by atoms with Crippen LogP contribution in [-0.4, -0.2) is 44.4 Å². The second kappa shape index (κ2) is 8.66. The van der Waals surface area contributed by atoms with Crippen molar-refractivity contribution in [3.05, 3.63) is 29.8 Å². The van der Waals surface area contributed by atoms with Crippen molar-refractivity contribution >= 4 is 0 Å². The van der Waals surface area contributed by atoms with Crippen molar-refractivity contribution < 1.29 is 9.47 Å². The summed E-state index contributed by atoms with van der Waals surface area (Å²) in [6, 6.07) is 9.42. The van der Waals surface area contributed by atoms with E-state index in [-0.39, 0.29) is 0 Å². The van der Waals surface area contributed by atoms with Crippen LogP contribution in [0.25, 0.3) is 0 Å². The maximum Gasteiger partial charge on any atom is 0.120 e. The zero-order valence-corrected chi connectivity index (χ0v) is 12.8. The maximum atomic E-state index is 8.84. The van der Waals surface area contributed by atoms with Crippen molar-refractivity contribution in [2.75, 3.05) is 33.4 Å². The molecule has 2 rings (SSSR count). The molecule has 0 amide bonds. The molecule has 1 fully saturated rings. The second-order valence-corrected chi connectivity index (χ2v) is 5.59. The Bertz CT molecular complexity index is 464. The smallest absolute Gasteiger partial charge is 0.120 e. The summed E-state index contributed by atoms with van der Waals surface area (Å²) in [5, 5.41) is 8.84. The van der Waals surface area contributed by atoms with Crippen LogP contribution in [0.15, 0.2) is 24.3 Å². The predicted molar refractivity (Wildman–Crippen MR) is 82.4 cm³/mol. The van der Waals surface area contributed by atoms with Gasteiger partial charge in [0.15, 0.2) is 0 Å². The minimum absolute atomic E-state index is 0.400. The molecule has 0 bridgehead atoms. The molecule has 114 valence electrons. The third-order valence-corrected chi connectivity index (χ3v) is 3.71. The van der Waals surface area contributed by atoms with E-state index in [9.17, 15) is 0 Å². The van der Waals surface area contributed by atoms with Crippen LogP contribution in [0.1, 0.15) is 31.2 Å². The SMILES string of the molecule is CN(CCCOc1cccc(C#N)c1)CC1CCCCO1. The van der Waals surface area contributed by atoms with Crippen molar-refractivity contribution in [2.24, 2.45) is 0 Å². The van der Waals surface area contributed by atoms with Gasteiger partial charge in [0.25, 0.3) is 0 Å². The average Bonchev–Trinajstić information content (AvgIpc) is 2.53. The highest BCUT2D eigenvalue weighted by molar-refractivity contribution is 5.36. The first kappa shape index (κ1) is 15.8. The Labute approximate surface area is 127 Å². The molecule has 1 aromatic carbocycles. The van der Waals surface area contributed by atoms with Crippen molar-refractivity contribution in [1.82, 2.24) is 4.90 Å². The third kappa shape index (κ3) is 5.74. The molecule has 1 saturated heterocycles. The summed E-state index contributed by atoms with van der Waals surface area (Å²) < 4.78 is 11.4. The molecule has 0 saturated carbocycles. The van der Waals surface area contributed by atoms with Gasteiger partial charge >= 0.3 is 0 Å². The first-order valence-corrected chi connectivity index (χ1v) is 7.71. The zero-order chi connectivity index (χ0) is 14.9. The Balaban J connectivity index is 1.61. The van der Waals surface area contributed by atoms with Gasteiger partial charge in [0.2, 0.25) is 0 Å². The first-order valence-electron chi connectivity index (χ1n) is 7.71. The van der Waals surface area contributed by atoms with Gasteiger partial charge < -0.3 is 14.4 Å². The van der Waals surface area contributed by atoms with E-state index in [4.69, 9.17) is 14.7 Å². The lowest BCUT2D eigenvalue weighted by Crippen LogP contribution is -2.34. The molecular formula is C17H24N2O2. The molecule has 1 aromatic rings. The van der Waals surface area contributed by atoms with E-state index < -0.39 is 0 Å². The van der Waals surface area contributed by atoms with Crippen LogP contribution in [0.2, 0.25) is 0 Å². The normalized spacial score (nSPS) is 18.4. The van der Waals surface area contributed by atoms with Crippen LogP contribution in [0, 0.1) is 11.3 Å². The van der Waals surface area contributed by atoms with Crippen LogP contribution in [0.4, 0.5) is 0 Å². The van der Waals surface area contributed by atoms with Gasteiger partial charge in [0, 0.05) is 19.7 Å². The Kier molecular flexibility index (Phi) is 6.52. The van der Waals surface area contributed by atoms with E-state index in [1.54, 1.807) is 12.1 Å². The highest BCUT2D eigenvalue weighted by Crippen LogP contribution is 2.14. The van der Waals surface area contributed by atoms with Crippen LogP contribution in [0.3, 0.4) is 0 Å².